The molecule has 0 unspecified atom stereocenters. The van der Waals surface area contributed by atoms with Gasteiger partial charge in [-0.25, -0.2) is 8.42 Å². The monoisotopic (exact) mass is 537 g/mol. The van der Waals surface area contributed by atoms with Crippen LogP contribution in [0.1, 0.15) is 31.9 Å². The molecule has 0 aliphatic heterocycles. The molecule has 0 saturated carbocycles. The molecule has 3 aromatic rings. The number of rotatable bonds is 11. The number of nitrogens with one attached hydrogen (secondary N) is 1. The maximum absolute atomic E-state index is 13.8. The number of nitrogens with zero attached hydrogens (tertiary/aromatic N) is 2. The molecule has 0 fully saturated rings. The zero-order chi connectivity index (χ0) is 27.9. The third-order valence-corrected chi connectivity index (χ3v) is 7.79. The second-order valence-electron chi connectivity index (χ2n) is 9.37. The molecule has 1 N–H and O–H groups in total. The number of ether oxygens (including phenoxy) is 1. The predicted octanol–water partition coefficient (Wildman–Crippen LogP) is 4.14. The lowest BCUT2D eigenvalue weighted by Gasteiger charge is -2.32. The number of sulfonamides is 1. The fourth-order valence-corrected chi connectivity index (χ4v) is 5.41. The van der Waals surface area contributed by atoms with Crippen molar-refractivity contribution in [1.29, 1.82) is 0 Å². The van der Waals surface area contributed by atoms with E-state index in [9.17, 15) is 18.0 Å². The van der Waals surface area contributed by atoms with Crippen molar-refractivity contribution in [2.45, 2.75) is 51.2 Å². The average Bonchev–Trinajstić information content (AvgIpc) is 2.90. The molecule has 0 bridgehead atoms. The van der Waals surface area contributed by atoms with E-state index in [0.29, 0.717) is 11.4 Å². The van der Waals surface area contributed by atoms with Gasteiger partial charge in [0.05, 0.1) is 17.7 Å². The Morgan fingerprint density at radius 3 is 2.16 bits per heavy atom. The Hall–Kier alpha value is -3.85. The highest BCUT2D eigenvalue weighted by atomic mass is 32.2. The second kappa shape index (κ2) is 12.6. The van der Waals surface area contributed by atoms with Crippen LogP contribution in [0.3, 0.4) is 0 Å². The quantitative estimate of drug-likeness (QED) is 0.397. The highest BCUT2D eigenvalue weighted by Gasteiger charge is 2.32. The van der Waals surface area contributed by atoms with Gasteiger partial charge in [-0.2, -0.15) is 0 Å². The van der Waals surface area contributed by atoms with Gasteiger partial charge in [0.2, 0.25) is 11.8 Å². The van der Waals surface area contributed by atoms with Crippen LogP contribution in [0.2, 0.25) is 0 Å². The summed E-state index contributed by atoms with van der Waals surface area (Å²) in [6.45, 7) is 6.95. The van der Waals surface area contributed by atoms with Gasteiger partial charge in [-0.3, -0.25) is 13.9 Å². The summed E-state index contributed by atoms with van der Waals surface area (Å²) >= 11 is 0. The van der Waals surface area contributed by atoms with Crippen LogP contribution < -0.4 is 14.4 Å². The van der Waals surface area contributed by atoms with Crippen molar-refractivity contribution < 1.29 is 22.7 Å². The molecule has 0 aliphatic carbocycles. The third kappa shape index (κ3) is 7.13. The minimum absolute atomic E-state index is 0.0192. The maximum atomic E-state index is 13.8. The van der Waals surface area contributed by atoms with Crippen LogP contribution in [-0.4, -0.2) is 50.9 Å². The number of carbonyl (C=O) groups is 2. The molecule has 0 radical (unpaired) electrons. The van der Waals surface area contributed by atoms with Gasteiger partial charge >= 0.3 is 0 Å². The Balaban J connectivity index is 2.00. The molecule has 0 spiro atoms. The summed E-state index contributed by atoms with van der Waals surface area (Å²) in [4.78, 5) is 28.2. The molecule has 2 amide bonds. The molecule has 3 rings (SSSR count). The normalized spacial score (nSPS) is 12.1. The number of benzene rings is 3. The minimum Gasteiger partial charge on any atom is -0.497 e. The van der Waals surface area contributed by atoms with Crippen LogP contribution in [0.4, 0.5) is 5.69 Å². The van der Waals surface area contributed by atoms with Crippen LogP contribution in [0, 0.1) is 6.92 Å². The fourth-order valence-electron chi connectivity index (χ4n) is 3.99. The maximum Gasteiger partial charge on any atom is 0.264 e. The number of amides is 2. The van der Waals surface area contributed by atoms with Crippen LogP contribution in [0.25, 0.3) is 0 Å². The van der Waals surface area contributed by atoms with Gasteiger partial charge < -0.3 is 15.0 Å². The smallest absolute Gasteiger partial charge is 0.264 e. The van der Waals surface area contributed by atoms with Crippen LogP contribution in [0.5, 0.6) is 5.75 Å². The van der Waals surface area contributed by atoms with Gasteiger partial charge in [0.1, 0.15) is 18.3 Å². The van der Waals surface area contributed by atoms with Crippen molar-refractivity contribution in [2.75, 3.05) is 18.0 Å². The first-order chi connectivity index (χ1) is 18.0. The van der Waals surface area contributed by atoms with E-state index in [1.165, 1.54) is 24.1 Å². The van der Waals surface area contributed by atoms with Crippen molar-refractivity contribution in [2.24, 2.45) is 0 Å². The van der Waals surface area contributed by atoms with E-state index in [1.54, 1.807) is 49.4 Å². The van der Waals surface area contributed by atoms with Gasteiger partial charge in [0, 0.05) is 12.6 Å². The second-order valence-corrected chi connectivity index (χ2v) is 11.2. The molecule has 9 heteroatoms. The number of anilines is 1. The summed E-state index contributed by atoms with van der Waals surface area (Å²) in [5, 5.41) is 2.85. The zero-order valence-corrected chi connectivity index (χ0v) is 23.2. The summed E-state index contributed by atoms with van der Waals surface area (Å²) in [5.74, 6) is -0.301. The Bertz CT molecular complexity index is 1340. The lowest BCUT2D eigenvalue weighted by Crippen LogP contribution is -2.52. The number of hydrogen-bond acceptors (Lipinski definition) is 5. The Labute approximate surface area is 225 Å². The van der Waals surface area contributed by atoms with Crippen molar-refractivity contribution in [1.82, 2.24) is 10.2 Å². The summed E-state index contributed by atoms with van der Waals surface area (Å²) in [7, 11) is -2.62. The summed E-state index contributed by atoms with van der Waals surface area (Å²) in [6.07, 6.45) is 0. The Morgan fingerprint density at radius 1 is 0.921 bits per heavy atom. The van der Waals surface area contributed by atoms with Gasteiger partial charge in [0.25, 0.3) is 10.0 Å². The SMILES string of the molecule is COc1ccc(S(=O)(=O)N(CC(=O)N(Cc2cccc(C)c2)[C@@H](C)C(=O)NC(C)C)c2ccccc2)cc1. The van der Waals surface area contributed by atoms with E-state index >= 15 is 0 Å². The molecule has 202 valence electrons. The fraction of sp³-hybridized carbons (Fsp3) is 0.310. The molecule has 0 aromatic heterocycles. The lowest BCUT2D eigenvalue weighted by atomic mass is 10.1. The molecule has 0 saturated heterocycles. The average molecular weight is 538 g/mol. The molecular formula is C29H35N3O5S. The lowest BCUT2D eigenvalue weighted by molar-refractivity contribution is -0.139. The largest absolute Gasteiger partial charge is 0.497 e. The van der Waals surface area contributed by atoms with E-state index in [-0.39, 0.29) is 23.4 Å². The number of carbonyl (C=O) groups excluding carboxylic acids is 2. The Kier molecular flexibility index (Phi) is 9.52. The van der Waals surface area contributed by atoms with Gasteiger partial charge in [0.15, 0.2) is 0 Å². The number of aryl methyl sites for hydroxylation is 1. The van der Waals surface area contributed by atoms with Gasteiger partial charge in [-0.1, -0.05) is 48.0 Å². The molecule has 1 atom stereocenters. The third-order valence-electron chi connectivity index (χ3n) is 6.00. The van der Waals surface area contributed by atoms with Crippen LogP contribution >= 0.6 is 0 Å². The van der Waals surface area contributed by atoms with E-state index < -0.39 is 28.5 Å². The first kappa shape index (κ1) is 28.7. The van der Waals surface area contributed by atoms with Crippen molar-refractivity contribution >= 4 is 27.5 Å². The molecule has 8 nitrogen and oxygen atoms in total. The summed E-state index contributed by atoms with van der Waals surface area (Å²) in [5.41, 5.74) is 2.19. The highest BCUT2D eigenvalue weighted by Crippen LogP contribution is 2.26. The standard InChI is InChI=1S/C29H35N3O5S/c1-21(2)30-29(34)23(4)31(19-24-11-9-10-22(3)18-24)28(33)20-32(25-12-7-6-8-13-25)38(35,36)27-16-14-26(37-5)15-17-27/h6-18,21,23H,19-20H2,1-5H3,(H,30,34)/t23-/m0/s1. The topological polar surface area (TPSA) is 96.0 Å². The highest BCUT2D eigenvalue weighted by molar-refractivity contribution is 7.92. The van der Waals surface area contributed by atoms with E-state index in [4.69, 9.17) is 4.74 Å². The van der Waals surface area contributed by atoms with E-state index in [0.717, 1.165) is 15.4 Å². The zero-order valence-electron chi connectivity index (χ0n) is 22.4. The van der Waals surface area contributed by atoms with Gasteiger partial charge in [-0.05, 0) is 69.7 Å². The minimum atomic E-state index is -4.12. The molecular weight excluding hydrogens is 502 g/mol. The van der Waals surface area contributed by atoms with Crippen LogP contribution in [-0.2, 0) is 26.2 Å². The number of methoxy groups -OCH3 is 1. The molecule has 38 heavy (non-hydrogen) atoms. The number of para-hydroxylation sites is 1. The Morgan fingerprint density at radius 2 is 1.58 bits per heavy atom. The summed E-state index contributed by atoms with van der Waals surface area (Å²) in [6, 6.07) is 21.2. The molecule has 3 aromatic carbocycles. The first-order valence-corrected chi connectivity index (χ1v) is 13.8. The first-order valence-electron chi connectivity index (χ1n) is 12.4. The van der Waals surface area contributed by atoms with Gasteiger partial charge in [-0.15, -0.1) is 0 Å². The van der Waals surface area contributed by atoms with Crippen LogP contribution in [0.15, 0.2) is 83.8 Å². The number of hydrogen-bond donors (Lipinski definition) is 1. The van der Waals surface area contributed by atoms with Crippen molar-refractivity contribution in [3.8, 4) is 5.75 Å². The van der Waals surface area contributed by atoms with Crippen molar-refractivity contribution in [3.63, 3.8) is 0 Å². The predicted molar refractivity (Wildman–Crippen MR) is 148 cm³/mol. The summed E-state index contributed by atoms with van der Waals surface area (Å²) < 4.78 is 33.8. The molecule has 0 heterocycles. The molecule has 0 aliphatic rings. The van der Waals surface area contributed by atoms with Crippen molar-refractivity contribution in [3.05, 3.63) is 90.0 Å². The van der Waals surface area contributed by atoms with E-state index in [1.807, 2.05) is 45.0 Å². The van der Waals surface area contributed by atoms with E-state index in [2.05, 4.69) is 5.32 Å².